The molecule has 0 spiro atoms. The Morgan fingerprint density at radius 2 is 0.739 bits per heavy atom. The van der Waals surface area contributed by atoms with Crippen molar-refractivity contribution in [1.29, 1.82) is 0 Å². The van der Waals surface area contributed by atoms with Gasteiger partial charge in [0.2, 0.25) is 0 Å². The molecule has 0 N–H and O–H groups in total. The quantitative estimate of drug-likeness (QED) is 0.152. The van der Waals surface area contributed by atoms with E-state index < -0.39 is 0 Å². The molecule has 15 aromatic rings. The van der Waals surface area contributed by atoms with Gasteiger partial charge in [0.1, 0.15) is 0 Å². The van der Waals surface area contributed by atoms with Gasteiger partial charge in [-0.25, -0.2) is 0 Å². The number of aromatic nitrogens is 1. The first-order valence-corrected chi connectivity index (χ1v) is 24.0. The largest absolute Gasteiger partial charge is 0.309 e. The molecule has 1 aromatic heterocycles. The second-order valence-electron chi connectivity index (χ2n) is 18.7. The SMILES string of the molecule is c1ccc(-c2cc(-c3ccccc3)cc(-n3c4ccccc4c4c5cccc6cc(-c7cc8c9ccccc9c(-c9ccc%10ccccc%10c9)cc8c8ccccc78)c7cccc(c7c65)c43)c2)cc1. The van der Waals surface area contributed by atoms with E-state index in [4.69, 9.17) is 0 Å². The highest BCUT2D eigenvalue weighted by Gasteiger charge is 2.24. The Bertz CT molecular complexity index is 4520. The molecule has 1 heterocycles. The van der Waals surface area contributed by atoms with E-state index >= 15 is 0 Å². The fraction of sp³-hybridized carbons (Fsp3) is 0. The zero-order valence-electron chi connectivity index (χ0n) is 37.6. The van der Waals surface area contributed by atoms with E-state index in [-0.39, 0.29) is 0 Å². The monoisotopic (exact) mass is 871 g/mol. The highest BCUT2D eigenvalue weighted by Crippen LogP contribution is 2.50. The standard InChI is InChI=1S/C68H41N/c1-3-17-42(18-4-1)48-36-49(43-19-5-2-6-20-43)38-50(37-48)69-64-32-14-13-28-56(64)67-57-30-15-23-47-39-60(55-29-16-31-58(68(67)69)66(55)65(47)57)62-41-63-52-25-10-9-24-51(52)59(40-61(63)53-26-11-12-27-54(53)62)46-34-33-44-21-7-8-22-45(44)35-46/h1-41H. The van der Waals surface area contributed by atoms with Crippen molar-refractivity contribution >= 4 is 97.2 Å². The second-order valence-corrected chi connectivity index (χ2v) is 18.7. The Kier molecular flexibility index (Phi) is 8.13. The first-order chi connectivity index (χ1) is 34.2. The molecule has 0 unspecified atom stereocenters. The third-order valence-electron chi connectivity index (χ3n) is 15.0. The van der Waals surface area contributed by atoms with Crippen molar-refractivity contribution in [3.05, 3.63) is 249 Å². The molecule has 0 saturated heterocycles. The summed E-state index contributed by atoms with van der Waals surface area (Å²) < 4.78 is 2.55. The van der Waals surface area contributed by atoms with Gasteiger partial charge in [-0.3, -0.25) is 0 Å². The highest BCUT2D eigenvalue weighted by molar-refractivity contribution is 6.39. The third kappa shape index (κ3) is 5.65. The molecule has 0 fully saturated rings. The molecule has 15 rings (SSSR count). The van der Waals surface area contributed by atoms with Gasteiger partial charge in [0.05, 0.1) is 11.0 Å². The van der Waals surface area contributed by atoms with Crippen molar-refractivity contribution in [2.24, 2.45) is 0 Å². The van der Waals surface area contributed by atoms with Gasteiger partial charge in [-0.1, -0.05) is 200 Å². The number of hydrogen-bond donors (Lipinski definition) is 0. The molecule has 1 nitrogen and oxygen atoms in total. The van der Waals surface area contributed by atoms with Crippen LogP contribution in [0.2, 0.25) is 0 Å². The molecular formula is C68H41N. The molecular weight excluding hydrogens is 831 g/mol. The van der Waals surface area contributed by atoms with Crippen LogP contribution in [0.15, 0.2) is 249 Å². The Morgan fingerprint density at radius 1 is 0.217 bits per heavy atom. The van der Waals surface area contributed by atoms with Crippen LogP contribution in [-0.2, 0) is 0 Å². The van der Waals surface area contributed by atoms with Crippen molar-refractivity contribution < 1.29 is 0 Å². The summed E-state index contributed by atoms with van der Waals surface area (Å²) in [5, 5.41) is 20.3. The number of benzene rings is 14. The van der Waals surface area contributed by atoms with Crippen LogP contribution in [0, 0.1) is 0 Å². The summed E-state index contributed by atoms with van der Waals surface area (Å²) in [5.74, 6) is 0. The summed E-state index contributed by atoms with van der Waals surface area (Å²) >= 11 is 0. The van der Waals surface area contributed by atoms with Gasteiger partial charge in [0, 0.05) is 27.2 Å². The smallest absolute Gasteiger partial charge is 0.0626 e. The minimum absolute atomic E-state index is 1.15. The molecule has 0 bridgehead atoms. The van der Waals surface area contributed by atoms with E-state index in [0.29, 0.717) is 0 Å². The Balaban J connectivity index is 1.04. The molecule has 0 saturated carbocycles. The fourth-order valence-corrected chi connectivity index (χ4v) is 12.0. The van der Waals surface area contributed by atoms with Crippen LogP contribution in [0.5, 0.6) is 0 Å². The van der Waals surface area contributed by atoms with E-state index in [0.717, 1.165) is 5.69 Å². The van der Waals surface area contributed by atoms with Crippen LogP contribution in [-0.4, -0.2) is 4.57 Å². The minimum Gasteiger partial charge on any atom is -0.309 e. The van der Waals surface area contributed by atoms with Gasteiger partial charge in [-0.2, -0.15) is 0 Å². The van der Waals surface area contributed by atoms with Crippen LogP contribution < -0.4 is 0 Å². The summed E-state index contributed by atoms with van der Waals surface area (Å²) in [6.07, 6.45) is 0. The van der Waals surface area contributed by atoms with Crippen LogP contribution in [0.25, 0.3) is 147 Å². The van der Waals surface area contributed by atoms with Crippen LogP contribution in [0.1, 0.15) is 0 Å². The summed E-state index contributed by atoms with van der Waals surface area (Å²) in [4.78, 5) is 0. The predicted octanol–water partition coefficient (Wildman–Crippen LogP) is 19.0. The maximum Gasteiger partial charge on any atom is 0.0626 e. The van der Waals surface area contributed by atoms with E-state index in [9.17, 15) is 0 Å². The minimum atomic E-state index is 1.15. The van der Waals surface area contributed by atoms with E-state index in [1.54, 1.807) is 0 Å². The van der Waals surface area contributed by atoms with Crippen molar-refractivity contribution in [2.45, 2.75) is 0 Å². The summed E-state index contributed by atoms with van der Waals surface area (Å²) in [7, 11) is 0. The van der Waals surface area contributed by atoms with Gasteiger partial charge >= 0.3 is 0 Å². The maximum absolute atomic E-state index is 2.55. The van der Waals surface area contributed by atoms with E-state index in [1.165, 1.54) is 142 Å². The van der Waals surface area contributed by atoms with Gasteiger partial charge in [-0.15, -0.1) is 0 Å². The Labute approximate surface area is 398 Å². The van der Waals surface area contributed by atoms with Crippen LogP contribution >= 0.6 is 0 Å². The highest BCUT2D eigenvalue weighted by atomic mass is 15.0. The molecule has 318 valence electrons. The third-order valence-corrected chi connectivity index (χ3v) is 15.0. The van der Waals surface area contributed by atoms with Gasteiger partial charge < -0.3 is 4.57 Å². The summed E-state index contributed by atoms with van der Waals surface area (Å²) in [5.41, 5.74) is 13.4. The normalized spacial score (nSPS) is 12.1. The lowest BCUT2D eigenvalue weighted by atomic mass is 9.84. The van der Waals surface area contributed by atoms with Gasteiger partial charge in [-0.05, 0) is 158 Å². The molecule has 0 amide bonds. The number of hydrogen-bond acceptors (Lipinski definition) is 0. The number of nitrogens with zero attached hydrogens (tertiary/aromatic N) is 1. The molecule has 0 radical (unpaired) electrons. The lowest BCUT2D eigenvalue weighted by molar-refractivity contribution is 1.19. The second kappa shape index (κ2) is 14.7. The first kappa shape index (κ1) is 38.1. The van der Waals surface area contributed by atoms with Crippen LogP contribution in [0.3, 0.4) is 0 Å². The number of fused-ring (bicyclic) bond motifs is 11. The lowest BCUT2D eigenvalue weighted by Gasteiger charge is -2.20. The zero-order chi connectivity index (χ0) is 45.2. The average Bonchev–Trinajstić information content (AvgIpc) is 3.78. The van der Waals surface area contributed by atoms with E-state index in [1.807, 2.05) is 0 Å². The van der Waals surface area contributed by atoms with Gasteiger partial charge in [0.15, 0.2) is 0 Å². The predicted molar refractivity (Wildman–Crippen MR) is 296 cm³/mol. The molecule has 0 aliphatic rings. The molecule has 69 heavy (non-hydrogen) atoms. The molecule has 14 aromatic carbocycles. The topological polar surface area (TPSA) is 4.93 Å². The Morgan fingerprint density at radius 3 is 1.46 bits per heavy atom. The average molecular weight is 872 g/mol. The number of para-hydroxylation sites is 1. The van der Waals surface area contributed by atoms with Crippen molar-refractivity contribution in [1.82, 2.24) is 4.57 Å². The van der Waals surface area contributed by atoms with Crippen molar-refractivity contribution in [2.75, 3.05) is 0 Å². The lowest BCUT2D eigenvalue weighted by Crippen LogP contribution is -1.98. The van der Waals surface area contributed by atoms with Crippen LogP contribution in [0.4, 0.5) is 0 Å². The summed E-state index contributed by atoms with van der Waals surface area (Å²) in [6.45, 7) is 0. The van der Waals surface area contributed by atoms with Crippen molar-refractivity contribution in [3.63, 3.8) is 0 Å². The molecule has 1 heteroatoms. The fourth-order valence-electron chi connectivity index (χ4n) is 12.0. The first-order valence-electron chi connectivity index (χ1n) is 24.0. The zero-order valence-corrected chi connectivity index (χ0v) is 37.6. The summed E-state index contributed by atoms with van der Waals surface area (Å²) in [6, 6.07) is 92.8. The number of rotatable bonds is 5. The van der Waals surface area contributed by atoms with E-state index in [2.05, 4.69) is 253 Å². The molecule has 0 atom stereocenters. The van der Waals surface area contributed by atoms with Crippen molar-refractivity contribution in [3.8, 4) is 50.2 Å². The molecule has 0 aliphatic heterocycles. The molecule has 0 aliphatic carbocycles. The van der Waals surface area contributed by atoms with Gasteiger partial charge in [0.25, 0.3) is 0 Å². The maximum atomic E-state index is 2.55. The Hall–Kier alpha value is -9.04.